The molecule has 0 radical (unpaired) electrons. The van der Waals surface area contributed by atoms with Crippen molar-refractivity contribution >= 4 is 28.8 Å². The Morgan fingerprint density at radius 2 is 1.89 bits per heavy atom. The minimum atomic E-state index is -0.501. The van der Waals surface area contributed by atoms with Crippen LogP contribution in [0.25, 0.3) is 0 Å². The highest BCUT2D eigenvalue weighted by molar-refractivity contribution is 8.15. The molecule has 1 unspecified atom stereocenters. The van der Waals surface area contributed by atoms with Crippen molar-refractivity contribution < 1.29 is 24.2 Å². The van der Waals surface area contributed by atoms with Gasteiger partial charge in [0.1, 0.15) is 11.5 Å². The second kappa shape index (κ2) is 8.13. The summed E-state index contributed by atoms with van der Waals surface area (Å²) in [7, 11) is 1.48. The molecule has 0 aromatic heterocycles. The number of carbonyl (C=O) groups excluding carboxylic acids is 3. The van der Waals surface area contributed by atoms with E-state index in [1.165, 1.54) is 7.11 Å². The lowest BCUT2D eigenvalue weighted by molar-refractivity contribution is -0.118. The molecule has 0 saturated carbocycles. The maximum atomic E-state index is 12.6. The van der Waals surface area contributed by atoms with Gasteiger partial charge in [-0.15, -0.1) is 0 Å². The summed E-state index contributed by atoms with van der Waals surface area (Å²) in [5.74, 6) is -0.0613. The van der Waals surface area contributed by atoms with Crippen molar-refractivity contribution in [2.24, 2.45) is 0 Å². The average Bonchev–Trinajstić information content (AvgIpc) is 2.98. The van der Waals surface area contributed by atoms with Crippen molar-refractivity contribution in [2.45, 2.75) is 18.2 Å². The Bertz CT molecular complexity index is 882. The molecule has 2 aromatic rings. The first-order valence-corrected chi connectivity index (χ1v) is 9.08. The number of nitrogens with one attached hydrogen (secondary N) is 2. The zero-order chi connectivity index (χ0) is 19.4. The van der Waals surface area contributed by atoms with E-state index in [1.54, 1.807) is 42.5 Å². The van der Waals surface area contributed by atoms with Crippen LogP contribution >= 0.6 is 11.8 Å². The van der Waals surface area contributed by atoms with Gasteiger partial charge in [0.15, 0.2) is 0 Å². The Morgan fingerprint density at radius 3 is 2.52 bits per heavy atom. The van der Waals surface area contributed by atoms with Gasteiger partial charge in [-0.1, -0.05) is 30.0 Å². The fourth-order valence-electron chi connectivity index (χ4n) is 2.69. The molecule has 3 N–H and O–H groups in total. The van der Waals surface area contributed by atoms with Crippen LogP contribution in [0.2, 0.25) is 0 Å². The average molecular weight is 386 g/mol. The van der Waals surface area contributed by atoms with Crippen molar-refractivity contribution in [1.29, 1.82) is 0 Å². The van der Waals surface area contributed by atoms with Crippen molar-refractivity contribution in [3.63, 3.8) is 0 Å². The predicted molar refractivity (Wildman–Crippen MR) is 101 cm³/mol. The number of hydrogen-bond donors (Lipinski definition) is 3. The second-order valence-electron chi connectivity index (χ2n) is 5.97. The first kappa shape index (κ1) is 18.8. The summed E-state index contributed by atoms with van der Waals surface area (Å²) in [5, 5.41) is 13.5. The summed E-state index contributed by atoms with van der Waals surface area (Å²) >= 11 is 0.950. The molecular formula is C19H18N2O5S. The van der Waals surface area contributed by atoms with E-state index in [4.69, 9.17) is 4.74 Å². The summed E-state index contributed by atoms with van der Waals surface area (Å²) < 4.78 is 5.26. The lowest BCUT2D eigenvalue weighted by Gasteiger charge is -2.12. The van der Waals surface area contributed by atoms with Crippen molar-refractivity contribution in [3.8, 4) is 11.5 Å². The van der Waals surface area contributed by atoms with Crippen molar-refractivity contribution in [1.82, 2.24) is 10.6 Å². The normalized spacial score (nSPS) is 16.1. The zero-order valence-electron chi connectivity index (χ0n) is 14.5. The van der Waals surface area contributed by atoms with Crippen LogP contribution in [0.5, 0.6) is 11.5 Å². The number of amides is 3. The molecule has 1 aliphatic heterocycles. The molecule has 7 nitrogen and oxygen atoms in total. The number of imide groups is 1. The van der Waals surface area contributed by atoms with Crippen molar-refractivity contribution in [3.05, 3.63) is 59.2 Å². The highest BCUT2D eigenvalue weighted by Crippen LogP contribution is 2.26. The SMILES string of the molecule is COc1ccc(CC2SC(=O)NC2=O)cc1C(=O)NCc1ccc(O)cc1. The van der Waals surface area contributed by atoms with Crippen LogP contribution in [-0.4, -0.2) is 34.5 Å². The fourth-order valence-corrected chi connectivity index (χ4v) is 3.55. The number of aromatic hydroxyl groups is 1. The van der Waals surface area contributed by atoms with Gasteiger partial charge in [-0.05, 0) is 41.8 Å². The van der Waals surface area contributed by atoms with E-state index in [2.05, 4.69) is 10.6 Å². The largest absolute Gasteiger partial charge is 0.508 e. The Balaban J connectivity index is 1.72. The minimum absolute atomic E-state index is 0.159. The maximum absolute atomic E-state index is 12.6. The molecule has 3 amide bonds. The van der Waals surface area contributed by atoms with E-state index in [0.717, 1.165) is 22.9 Å². The van der Waals surface area contributed by atoms with Gasteiger partial charge in [0.25, 0.3) is 11.1 Å². The molecule has 0 spiro atoms. The van der Waals surface area contributed by atoms with Gasteiger partial charge in [0.2, 0.25) is 5.91 Å². The van der Waals surface area contributed by atoms with Gasteiger partial charge in [-0.3, -0.25) is 19.7 Å². The van der Waals surface area contributed by atoms with Gasteiger partial charge in [-0.2, -0.15) is 0 Å². The van der Waals surface area contributed by atoms with Gasteiger partial charge in [-0.25, -0.2) is 0 Å². The summed E-state index contributed by atoms with van der Waals surface area (Å²) in [5.41, 5.74) is 1.95. The Labute approximate surface area is 160 Å². The van der Waals surface area contributed by atoms with Crippen molar-refractivity contribution in [2.75, 3.05) is 7.11 Å². The lowest BCUT2D eigenvalue weighted by Crippen LogP contribution is -2.26. The lowest BCUT2D eigenvalue weighted by atomic mass is 10.0. The number of benzene rings is 2. The maximum Gasteiger partial charge on any atom is 0.286 e. The fraction of sp³-hybridized carbons (Fsp3) is 0.211. The minimum Gasteiger partial charge on any atom is -0.508 e. The van der Waals surface area contributed by atoms with Crippen LogP contribution in [0.15, 0.2) is 42.5 Å². The van der Waals surface area contributed by atoms with E-state index in [9.17, 15) is 19.5 Å². The van der Waals surface area contributed by atoms with Gasteiger partial charge < -0.3 is 15.2 Å². The Kier molecular flexibility index (Phi) is 5.66. The van der Waals surface area contributed by atoms with E-state index in [-0.39, 0.29) is 22.8 Å². The summed E-state index contributed by atoms with van der Waals surface area (Å²) in [4.78, 5) is 35.6. The highest BCUT2D eigenvalue weighted by atomic mass is 32.2. The van der Waals surface area contributed by atoms with Crippen LogP contribution in [0.4, 0.5) is 4.79 Å². The Morgan fingerprint density at radius 1 is 1.19 bits per heavy atom. The molecule has 27 heavy (non-hydrogen) atoms. The number of hydrogen-bond acceptors (Lipinski definition) is 6. The summed E-state index contributed by atoms with van der Waals surface area (Å²) in [6, 6.07) is 11.6. The topological polar surface area (TPSA) is 105 Å². The molecule has 140 valence electrons. The van der Waals surface area contributed by atoms with E-state index in [1.807, 2.05) is 0 Å². The molecular weight excluding hydrogens is 368 g/mol. The number of rotatable bonds is 6. The quantitative estimate of drug-likeness (QED) is 0.703. The third-order valence-corrected chi connectivity index (χ3v) is 5.07. The molecule has 1 fully saturated rings. The molecule has 1 atom stereocenters. The smallest absolute Gasteiger partial charge is 0.286 e. The van der Waals surface area contributed by atoms with Crippen LogP contribution in [0.3, 0.4) is 0 Å². The van der Waals surface area contributed by atoms with E-state index in [0.29, 0.717) is 24.3 Å². The van der Waals surface area contributed by atoms with Gasteiger partial charge in [0, 0.05) is 6.54 Å². The first-order chi connectivity index (χ1) is 13.0. The third kappa shape index (κ3) is 4.59. The first-order valence-electron chi connectivity index (χ1n) is 8.21. The monoisotopic (exact) mass is 386 g/mol. The number of carbonyl (C=O) groups is 3. The van der Waals surface area contributed by atoms with Gasteiger partial charge in [0.05, 0.1) is 17.9 Å². The molecule has 1 aliphatic rings. The second-order valence-corrected chi connectivity index (χ2v) is 7.15. The molecule has 1 heterocycles. The van der Waals surface area contributed by atoms with E-state index >= 15 is 0 Å². The molecule has 1 saturated heterocycles. The number of phenolic OH excluding ortho intramolecular Hbond substituents is 1. The molecule has 0 bridgehead atoms. The summed E-state index contributed by atoms with van der Waals surface area (Å²) in [6.07, 6.45) is 0.338. The van der Waals surface area contributed by atoms with E-state index < -0.39 is 5.25 Å². The Hall–Kier alpha value is -3.00. The molecule has 3 rings (SSSR count). The van der Waals surface area contributed by atoms with Crippen LogP contribution in [0.1, 0.15) is 21.5 Å². The standard InChI is InChI=1S/C19H18N2O5S/c1-26-15-7-4-12(9-16-18(24)21-19(25)27-16)8-14(15)17(23)20-10-11-2-5-13(22)6-3-11/h2-8,16,22H,9-10H2,1H3,(H,20,23)(H,21,24,25). The highest BCUT2D eigenvalue weighted by Gasteiger charge is 2.31. The van der Waals surface area contributed by atoms with Crippen LogP contribution in [0, 0.1) is 0 Å². The number of methoxy groups -OCH3 is 1. The molecule has 2 aromatic carbocycles. The number of thioether (sulfide) groups is 1. The third-order valence-electron chi connectivity index (χ3n) is 4.09. The summed E-state index contributed by atoms with van der Waals surface area (Å²) in [6.45, 7) is 0.294. The zero-order valence-corrected chi connectivity index (χ0v) is 15.3. The number of ether oxygens (including phenoxy) is 1. The number of phenols is 1. The van der Waals surface area contributed by atoms with Gasteiger partial charge >= 0.3 is 0 Å². The van der Waals surface area contributed by atoms with Crippen LogP contribution < -0.4 is 15.4 Å². The van der Waals surface area contributed by atoms with Crippen LogP contribution in [-0.2, 0) is 17.8 Å². The molecule has 8 heteroatoms. The molecule has 0 aliphatic carbocycles. The predicted octanol–water partition coefficient (Wildman–Crippen LogP) is 2.22.